The van der Waals surface area contributed by atoms with Crippen LogP contribution in [0.1, 0.15) is 60.0 Å². The summed E-state index contributed by atoms with van der Waals surface area (Å²) >= 11 is 6.20. The van der Waals surface area contributed by atoms with Crippen molar-refractivity contribution < 1.29 is 27.2 Å². The van der Waals surface area contributed by atoms with Gasteiger partial charge in [-0.1, -0.05) is 18.5 Å². The van der Waals surface area contributed by atoms with Crippen molar-refractivity contribution in [3.8, 4) is 0 Å². The maximum absolute atomic E-state index is 13.5. The second kappa shape index (κ2) is 10.5. The zero-order valence-corrected chi connectivity index (χ0v) is 23.2. The summed E-state index contributed by atoms with van der Waals surface area (Å²) < 4.78 is 37.7. The molecule has 2 saturated heterocycles. The fraction of sp³-hybridized carbons (Fsp3) is 0.538. The average Bonchev–Trinajstić information content (AvgIpc) is 3.45. The molecular formula is C26H31ClFN5O5S. The molecule has 1 aromatic heterocycles. The van der Waals surface area contributed by atoms with E-state index in [1.807, 2.05) is 0 Å². The lowest BCUT2D eigenvalue weighted by Gasteiger charge is -2.36. The van der Waals surface area contributed by atoms with Gasteiger partial charge in [0.2, 0.25) is 5.91 Å². The topological polar surface area (TPSA) is 133 Å². The maximum atomic E-state index is 13.5. The SMILES string of the molecule is CC1CN(C(=O)c2nc[nH]c2C(=O)N[C@H]2CC[C@@]3(CCN(c4ccc(F)cc4Cl)C3=O)CC2)CCS(=O)(=O)C1. The van der Waals surface area contributed by atoms with Gasteiger partial charge in [0, 0.05) is 25.7 Å². The van der Waals surface area contributed by atoms with Crippen LogP contribution in [0.4, 0.5) is 10.1 Å². The Hall–Kier alpha value is -2.99. The molecule has 0 bridgehead atoms. The smallest absolute Gasteiger partial charge is 0.274 e. The molecule has 1 aromatic carbocycles. The number of hydrogen-bond donors (Lipinski definition) is 2. The van der Waals surface area contributed by atoms with Gasteiger partial charge in [0.05, 0.1) is 34.0 Å². The van der Waals surface area contributed by atoms with Crippen molar-refractivity contribution in [3.63, 3.8) is 0 Å². The molecule has 10 nitrogen and oxygen atoms in total. The number of carbonyl (C=O) groups excluding carboxylic acids is 3. The van der Waals surface area contributed by atoms with Crippen molar-refractivity contribution in [2.45, 2.75) is 45.1 Å². The van der Waals surface area contributed by atoms with Gasteiger partial charge in [-0.05, 0) is 56.2 Å². The number of hydrogen-bond acceptors (Lipinski definition) is 6. The van der Waals surface area contributed by atoms with Crippen molar-refractivity contribution in [1.29, 1.82) is 0 Å². The van der Waals surface area contributed by atoms with E-state index in [1.165, 1.54) is 29.4 Å². The number of rotatable bonds is 4. The van der Waals surface area contributed by atoms with Crippen LogP contribution in [0.15, 0.2) is 24.5 Å². The first kappa shape index (κ1) is 27.6. The Balaban J connectivity index is 1.21. The summed E-state index contributed by atoms with van der Waals surface area (Å²) in [5.41, 5.74) is -0.0425. The minimum atomic E-state index is -3.24. The van der Waals surface area contributed by atoms with Gasteiger partial charge in [0.15, 0.2) is 15.5 Å². The Kier molecular flexibility index (Phi) is 7.45. The second-order valence-electron chi connectivity index (χ2n) is 10.9. The van der Waals surface area contributed by atoms with Crippen molar-refractivity contribution >= 4 is 44.8 Å². The molecule has 13 heteroatoms. The highest BCUT2D eigenvalue weighted by atomic mass is 35.5. The van der Waals surface area contributed by atoms with E-state index in [1.54, 1.807) is 11.8 Å². The van der Waals surface area contributed by atoms with E-state index >= 15 is 0 Å². The summed E-state index contributed by atoms with van der Waals surface area (Å²) in [5.74, 6) is -1.77. The van der Waals surface area contributed by atoms with Crippen LogP contribution in [0, 0.1) is 17.2 Å². The summed E-state index contributed by atoms with van der Waals surface area (Å²) in [7, 11) is -3.24. The Morgan fingerprint density at radius 1 is 1.21 bits per heavy atom. The van der Waals surface area contributed by atoms with Crippen molar-refractivity contribution in [1.82, 2.24) is 20.2 Å². The van der Waals surface area contributed by atoms with Crippen molar-refractivity contribution in [2.75, 3.05) is 36.0 Å². The van der Waals surface area contributed by atoms with E-state index < -0.39 is 32.9 Å². The van der Waals surface area contributed by atoms with Gasteiger partial charge in [-0.3, -0.25) is 14.4 Å². The number of nitrogens with one attached hydrogen (secondary N) is 2. The largest absolute Gasteiger partial charge is 0.348 e. The third-order valence-electron chi connectivity index (χ3n) is 8.09. The molecule has 2 N–H and O–H groups in total. The number of nitrogens with zero attached hydrogens (tertiary/aromatic N) is 3. The molecule has 1 unspecified atom stereocenters. The number of aromatic nitrogens is 2. The summed E-state index contributed by atoms with van der Waals surface area (Å²) in [6.45, 7) is 2.60. The molecule has 3 aliphatic rings. The fourth-order valence-corrected chi connectivity index (χ4v) is 7.94. The first-order valence-corrected chi connectivity index (χ1v) is 15.3. The number of amides is 3. The predicted octanol–water partition coefficient (Wildman–Crippen LogP) is 2.80. The quantitative estimate of drug-likeness (QED) is 0.572. The molecule has 3 amide bonds. The zero-order valence-electron chi connectivity index (χ0n) is 21.6. The predicted molar refractivity (Wildman–Crippen MR) is 143 cm³/mol. The minimum Gasteiger partial charge on any atom is -0.348 e. The highest BCUT2D eigenvalue weighted by Gasteiger charge is 2.49. The highest BCUT2D eigenvalue weighted by Crippen LogP contribution is 2.47. The Morgan fingerprint density at radius 3 is 2.67 bits per heavy atom. The van der Waals surface area contributed by atoms with Crippen molar-refractivity contribution in [2.24, 2.45) is 11.3 Å². The molecule has 2 aliphatic heterocycles. The molecule has 2 aromatic rings. The number of benzene rings is 1. The lowest BCUT2D eigenvalue weighted by atomic mass is 9.71. The van der Waals surface area contributed by atoms with Crippen LogP contribution >= 0.6 is 11.6 Å². The first-order chi connectivity index (χ1) is 18.5. The zero-order chi connectivity index (χ0) is 27.9. The molecule has 1 atom stereocenters. The van der Waals surface area contributed by atoms with Crippen molar-refractivity contribution in [3.05, 3.63) is 46.8 Å². The van der Waals surface area contributed by atoms with Gasteiger partial charge in [-0.25, -0.2) is 17.8 Å². The summed E-state index contributed by atoms with van der Waals surface area (Å²) in [6.07, 6.45) is 4.27. The van der Waals surface area contributed by atoms with E-state index in [2.05, 4.69) is 15.3 Å². The third kappa shape index (κ3) is 5.54. The maximum Gasteiger partial charge on any atom is 0.274 e. The van der Waals surface area contributed by atoms with Crippen LogP contribution in [0.2, 0.25) is 5.02 Å². The van der Waals surface area contributed by atoms with Crippen LogP contribution in [-0.2, 0) is 14.6 Å². The molecule has 0 radical (unpaired) electrons. The molecule has 1 saturated carbocycles. The molecule has 5 rings (SSSR count). The lowest BCUT2D eigenvalue weighted by molar-refractivity contribution is -0.127. The molecule has 1 aliphatic carbocycles. The summed E-state index contributed by atoms with van der Waals surface area (Å²) in [4.78, 5) is 49.6. The number of sulfone groups is 1. The molecule has 39 heavy (non-hydrogen) atoms. The Morgan fingerprint density at radius 2 is 1.95 bits per heavy atom. The second-order valence-corrected chi connectivity index (χ2v) is 13.6. The molecule has 210 valence electrons. The molecular weight excluding hydrogens is 549 g/mol. The molecule has 3 fully saturated rings. The molecule has 1 spiro atoms. The van der Waals surface area contributed by atoms with Gasteiger partial charge in [0.25, 0.3) is 11.8 Å². The van der Waals surface area contributed by atoms with Crippen LogP contribution in [0.5, 0.6) is 0 Å². The summed E-state index contributed by atoms with van der Waals surface area (Å²) in [5, 5.41) is 3.17. The van der Waals surface area contributed by atoms with Gasteiger partial charge in [-0.2, -0.15) is 0 Å². The Bertz CT molecular complexity index is 1410. The van der Waals surface area contributed by atoms with E-state index in [4.69, 9.17) is 11.6 Å². The number of anilines is 1. The standard InChI is InChI=1S/C26H31ClFN5O5S/c1-16-13-32(10-11-39(37,38)14-16)24(35)22-21(29-15-30-22)23(34)31-18-4-6-26(7-5-18)8-9-33(25(26)36)20-3-2-17(28)12-19(20)27/h2-3,12,15-16,18H,4-11,13-14H2,1H3,(H,29,30)(H,31,34)/t16?,18-,26-. The number of imidazole rings is 1. The number of halogens is 2. The van der Waals surface area contributed by atoms with Gasteiger partial charge >= 0.3 is 0 Å². The van der Waals surface area contributed by atoms with E-state index in [-0.39, 0.29) is 58.9 Å². The van der Waals surface area contributed by atoms with Crippen LogP contribution in [0.25, 0.3) is 0 Å². The number of aromatic amines is 1. The summed E-state index contributed by atoms with van der Waals surface area (Å²) in [6, 6.07) is 3.82. The number of carbonyl (C=O) groups is 3. The van der Waals surface area contributed by atoms with Crippen LogP contribution < -0.4 is 10.2 Å². The van der Waals surface area contributed by atoms with Gasteiger partial charge in [-0.15, -0.1) is 0 Å². The van der Waals surface area contributed by atoms with E-state index in [9.17, 15) is 27.2 Å². The minimum absolute atomic E-state index is 0.0189. The number of H-pyrrole nitrogens is 1. The third-order valence-corrected chi connectivity index (χ3v) is 10.3. The fourth-order valence-electron chi connectivity index (χ4n) is 6.04. The monoisotopic (exact) mass is 579 g/mol. The van der Waals surface area contributed by atoms with Crippen LogP contribution in [-0.4, -0.2) is 78.2 Å². The van der Waals surface area contributed by atoms with Crippen LogP contribution in [0.3, 0.4) is 0 Å². The normalized spacial score (nSPS) is 27.0. The molecule has 3 heterocycles. The average molecular weight is 580 g/mol. The van der Waals surface area contributed by atoms with E-state index in [0.29, 0.717) is 44.3 Å². The highest BCUT2D eigenvalue weighted by molar-refractivity contribution is 7.91. The Labute approximate surface area is 231 Å². The van der Waals surface area contributed by atoms with E-state index in [0.717, 1.165) is 0 Å². The lowest BCUT2D eigenvalue weighted by Crippen LogP contribution is -2.44. The first-order valence-electron chi connectivity index (χ1n) is 13.1. The van der Waals surface area contributed by atoms with Gasteiger partial charge in [0.1, 0.15) is 11.5 Å². The van der Waals surface area contributed by atoms with Gasteiger partial charge < -0.3 is 20.1 Å².